The summed E-state index contributed by atoms with van der Waals surface area (Å²) >= 11 is 0. The van der Waals surface area contributed by atoms with Gasteiger partial charge in [0, 0.05) is 44.0 Å². The Bertz CT molecular complexity index is 3020. The average Bonchev–Trinajstić information content (AvgIpc) is 3.83. The lowest BCUT2D eigenvalue weighted by Crippen LogP contribution is -1.99. The van der Waals surface area contributed by atoms with Gasteiger partial charge < -0.3 is 13.7 Å². The second-order valence-electron chi connectivity index (χ2n) is 14.1. The molecule has 4 aromatic heterocycles. The van der Waals surface area contributed by atoms with Gasteiger partial charge in [-0.25, -0.2) is 4.98 Å². The summed E-state index contributed by atoms with van der Waals surface area (Å²) < 4.78 is 7.18. The summed E-state index contributed by atoms with van der Waals surface area (Å²) in [5.74, 6) is 0.546. The van der Waals surface area contributed by atoms with Crippen LogP contribution in [0.5, 0.6) is 0 Å². The van der Waals surface area contributed by atoms with E-state index in [1.165, 1.54) is 49.2 Å². The maximum absolute atomic E-state index is 5.44. The van der Waals surface area contributed by atoms with Gasteiger partial charge in [0.15, 0.2) is 0 Å². The summed E-state index contributed by atoms with van der Waals surface area (Å²) in [6, 6.07) is 55.1. The fourth-order valence-electron chi connectivity index (χ4n) is 8.54. The SMILES string of the molecule is CC1C=CC(c2ccc3c(n2)c2cc(-n4c5ccccc5c5ccccc54)ccc2n3-c2cccc(-n3c4ccccc4c4ccccc43)c2)=CC1. The second-order valence-corrected chi connectivity index (χ2v) is 14.1. The number of hydrogen-bond acceptors (Lipinski definition) is 1. The van der Waals surface area contributed by atoms with Crippen molar-refractivity contribution in [1.82, 2.24) is 18.7 Å². The Balaban J connectivity index is 1.17. The zero-order valence-corrected chi connectivity index (χ0v) is 28.7. The molecule has 0 spiro atoms. The van der Waals surface area contributed by atoms with Gasteiger partial charge in [0.2, 0.25) is 0 Å². The average molecular weight is 667 g/mol. The van der Waals surface area contributed by atoms with Crippen molar-refractivity contribution in [2.45, 2.75) is 13.3 Å². The zero-order chi connectivity index (χ0) is 34.3. The third-order valence-corrected chi connectivity index (χ3v) is 11.0. The van der Waals surface area contributed by atoms with Gasteiger partial charge in [0.05, 0.1) is 44.3 Å². The Morgan fingerprint density at radius 1 is 0.462 bits per heavy atom. The van der Waals surface area contributed by atoms with Crippen LogP contribution < -0.4 is 0 Å². The van der Waals surface area contributed by atoms with Gasteiger partial charge in [0.25, 0.3) is 0 Å². The van der Waals surface area contributed by atoms with Crippen molar-refractivity contribution in [3.63, 3.8) is 0 Å². The number of benzene rings is 6. The lowest BCUT2D eigenvalue weighted by atomic mass is 9.96. The number of fused-ring (bicyclic) bond motifs is 9. The van der Waals surface area contributed by atoms with E-state index in [1.807, 2.05) is 0 Å². The Hall–Kier alpha value is -6.65. The summed E-state index contributed by atoms with van der Waals surface area (Å²) in [6.07, 6.45) is 7.89. The first-order chi connectivity index (χ1) is 25.7. The third-order valence-electron chi connectivity index (χ3n) is 11.0. The molecule has 1 atom stereocenters. The molecule has 1 aliphatic carbocycles. The van der Waals surface area contributed by atoms with Gasteiger partial charge >= 0.3 is 0 Å². The molecular weight excluding hydrogens is 633 g/mol. The lowest BCUT2D eigenvalue weighted by Gasteiger charge is -2.13. The van der Waals surface area contributed by atoms with Crippen LogP contribution in [-0.2, 0) is 0 Å². The van der Waals surface area contributed by atoms with E-state index in [1.54, 1.807) is 0 Å². The summed E-state index contributed by atoms with van der Waals surface area (Å²) in [5, 5.41) is 6.17. The number of allylic oxidation sites excluding steroid dienone is 4. The van der Waals surface area contributed by atoms with Crippen LogP contribution in [0.3, 0.4) is 0 Å². The molecule has 0 radical (unpaired) electrons. The van der Waals surface area contributed by atoms with E-state index < -0.39 is 0 Å². The minimum atomic E-state index is 0.546. The Labute approximate surface area is 300 Å². The van der Waals surface area contributed by atoms with E-state index in [0.717, 1.165) is 51.1 Å². The highest BCUT2D eigenvalue weighted by Crippen LogP contribution is 2.38. The minimum absolute atomic E-state index is 0.546. The highest BCUT2D eigenvalue weighted by Gasteiger charge is 2.20. The molecule has 0 aliphatic heterocycles. The van der Waals surface area contributed by atoms with Gasteiger partial charge in [0.1, 0.15) is 0 Å². The van der Waals surface area contributed by atoms with Crippen molar-refractivity contribution in [3.05, 3.63) is 176 Å². The number of nitrogens with zero attached hydrogens (tertiary/aromatic N) is 4. The monoisotopic (exact) mass is 666 g/mol. The molecule has 4 heteroatoms. The van der Waals surface area contributed by atoms with Crippen LogP contribution in [0.2, 0.25) is 0 Å². The maximum Gasteiger partial charge on any atom is 0.0971 e. The standard InChI is InChI=1S/C48H34N4/c1-31-21-23-32(24-22-31)41-26-28-47-48(49-41)40-30-35(51-44-19-8-4-15-38(44)39-16-5-9-20-45(39)51)25-27-46(40)52(47)34-12-10-11-33(29-34)50-42-17-6-2-13-36(42)37-14-3-7-18-43(37)50/h2-21,23-31H,22H2,1H3. The molecule has 1 aliphatic rings. The minimum Gasteiger partial charge on any atom is -0.309 e. The predicted octanol–water partition coefficient (Wildman–Crippen LogP) is 12.4. The first kappa shape index (κ1) is 29.1. The molecule has 1 unspecified atom stereocenters. The van der Waals surface area contributed by atoms with Crippen LogP contribution in [0.1, 0.15) is 19.0 Å². The molecular formula is C48H34N4. The number of pyridine rings is 1. The Morgan fingerprint density at radius 2 is 0.942 bits per heavy atom. The maximum atomic E-state index is 5.44. The lowest BCUT2D eigenvalue weighted by molar-refractivity contribution is 0.739. The third kappa shape index (κ3) is 4.24. The molecule has 0 saturated carbocycles. The van der Waals surface area contributed by atoms with Crippen molar-refractivity contribution in [2.75, 3.05) is 0 Å². The van der Waals surface area contributed by atoms with Crippen LogP contribution in [0, 0.1) is 5.92 Å². The molecule has 11 rings (SSSR count). The highest BCUT2D eigenvalue weighted by atomic mass is 15.0. The summed E-state index contributed by atoms with van der Waals surface area (Å²) in [7, 11) is 0. The van der Waals surface area contributed by atoms with Crippen LogP contribution in [0.15, 0.2) is 170 Å². The van der Waals surface area contributed by atoms with Crippen molar-refractivity contribution in [2.24, 2.45) is 5.92 Å². The Morgan fingerprint density at radius 3 is 1.48 bits per heavy atom. The van der Waals surface area contributed by atoms with E-state index >= 15 is 0 Å². The Kier molecular flexibility index (Phi) is 6.26. The summed E-state index contributed by atoms with van der Waals surface area (Å²) in [4.78, 5) is 5.44. The first-order valence-corrected chi connectivity index (χ1v) is 18.1. The molecule has 0 bridgehead atoms. The predicted molar refractivity (Wildman–Crippen MR) is 218 cm³/mol. The van der Waals surface area contributed by atoms with E-state index in [2.05, 4.69) is 191 Å². The molecule has 0 saturated heterocycles. The second kappa shape index (κ2) is 11.2. The van der Waals surface area contributed by atoms with Crippen molar-refractivity contribution < 1.29 is 0 Å². The van der Waals surface area contributed by atoms with Gasteiger partial charge in [-0.1, -0.05) is 104 Å². The van der Waals surface area contributed by atoms with E-state index in [4.69, 9.17) is 4.98 Å². The number of hydrogen-bond donors (Lipinski definition) is 0. The van der Waals surface area contributed by atoms with E-state index in [9.17, 15) is 0 Å². The molecule has 246 valence electrons. The summed E-state index contributed by atoms with van der Waals surface area (Å²) in [6.45, 7) is 2.26. The molecule has 4 nitrogen and oxygen atoms in total. The zero-order valence-electron chi connectivity index (χ0n) is 28.7. The largest absolute Gasteiger partial charge is 0.309 e. The molecule has 6 aromatic carbocycles. The molecule has 0 amide bonds. The van der Waals surface area contributed by atoms with Crippen LogP contribution in [0.25, 0.3) is 88.2 Å². The number of para-hydroxylation sites is 4. The van der Waals surface area contributed by atoms with Gasteiger partial charge in [-0.05, 0) is 90.7 Å². The van der Waals surface area contributed by atoms with Gasteiger partial charge in [-0.3, -0.25) is 0 Å². The van der Waals surface area contributed by atoms with Crippen molar-refractivity contribution in [1.29, 1.82) is 0 Å². The fourth-order valence-corrected chi connectivity index (χ4v) is 8.54. The molecule has 52 heavy (non-hydrogen) atoms. The highest BCUT2D eigenvalue weighted by molar-refractivity contribution is 6.12. The van der Waals surface area contributed by atoms with E-state index in [0.29, 0.717) is 5.92 Å². The fraction of sp³-hybridized carbons (Fsp3) is 0.0625. The molecule has 10 aromatic rings. The quantitative estimate of drug-likeness (QED) is 0.184. The van der Waals surface area contributed by atoms with Crippen LogP contribution in [0.4, 0.5) is 0 Å². The van der Waals surface area contributed by atoms with E-state index in [-0.39, 0.29) is 0 Å². The van der Waals surface area contributed by atoms with Crippen molar-refractivity contribution in [3.8, 4) is 17.1 Å². The summed E-state index contributed by atoms with van der Waals surface area (Å²) in [5.41, 5.74) is 13.6. The van der Waals surface area contributed by atoms with Gasteiger partial charge in [-0.15, -0.1) is 0 Å². The topological polar surface area (TPSA) is 27.7 Å². The number of rotatable bonds is 4. The molecule has 0 fully saturated rings. The smallest absolute Gasteiger partial charge is 0.0971 e. The number of aromatic nitrogens is 4. The van der Waals surface area contributed by atoms with Crippen LogP contribution >= 0.6 is 0 Å². The normalized spacial score (nSPS) is 14.8. The molecule has 0 N–H and O–H groups in total. The van der Waals surface area contributed by atoms with Crippen molar-refractivity contribution >= 4 is 71.1 Å². The van der Waals surface area contributed by atoms with Crippen LogP contribution in [-0.4, -0.2) is 18.7 Å². The van der Waals surface area contributed by atoms with Gasteiger partial charge in [-0.2, -0.15) is 0 Å². The molecule has 4 heterocycles. The first-order valence-electron chi connectivity index (χ1n) is 18.1.